The van der Waals surface area contributed by atoms with E-state index in [4.69, 9.17) is 4.74 Å². The van der Waals surface area contributed by atoms with Crippen molar-refractivity contribution in [3.63, 3.8) is 0 Å². The van der Waals surface area contributed by atoms with Crippen LogP contribution in [0.5, 0.6) is 0 Å². The fourth-order valence-electron chi connectivity index (χ4n) is 4.10. The average Bonchev–Trinajstić information content (AvgIpc) is 3.45. The lowest BCUT2D eigenvalue weighted by atomic mass is 9.61. The molecule has 0 radical (unpaired) electrons. The van der Waals surface area contributed by atoms with Crippen molar-refractivity contribution in [1.29, 1.82) is 0 Å². The lowest BCUT2D eigenvalue weighted by Gasteiger charge is -2.60. The average molecular weight is 415 g/mol. The Morgan fingerprint density at radius 1 is 0.966 bits per heavy atom. The fourth-order valence-corrected chi connectivity index (χ4v) is 4.10. The first kappa shape index (κ1) is 23.2. The van der Waals surface area contributed by atoms with Crippen molar-refractivity contribution in [2.75, 3.05) is 6.61 Å². The van der Waals surface area contributed by atoms with E-state index in [0.29, 0.717) is 12.8 Å². The number of carbonyl (C=O) groups is 5. The SMILES string of the molecule is CC(=O)N(C(=O)C1CC1)[C@]1(C(C)=O)C(O)(C(C)=O)O[C@H](CO)[C@@H](O)[C@@]1(O)C(C)=O. The molecule has 2 aliphatic rings. The molecule has 29 heavy (non-hydrogen) atoms. The van der Waals surface area contributed by atoms with Crippen LogP contribution in [0.25, 0.3) is 0 Å². The molecule has 4 N–H and O–H groups in total. The number of hydrogen-bond donors (Lipinski definition) is 4. The molecule has 1 unspecified atom stereocenters. The van der Waals surface area contributed by atoms with Crippen LogP contribution in [0.15, 0.2) is 0 Å². The first-order chi connectivity index (χ1) is 13.2. The summed E-state index contributed by atoms with van der Waals surface area (Å²) in [6.45, 7) is 2.03. The molecule has 11 heteroatoms. The van der Waals surface area contributed by atoms with Gasteiger partial charge in [-0.25, -0.2) is 0 Å². The summed E-state index contributed by atoms with van der Waals surface area (Å²) in [5.41, 5.74) is -6.66. The number of ketones is 3. The van der Waals surface area contributed by atoms with E-state index in [2.05, 4.69) is 0 Å². The highest BCUT2D eigenvalue weighted by Crippen LogP contribution is 2.50. The molecular weight excluding hydrogens is 390 g/mol. The number of aliphatic hydroxyl groups is 4. The lowest BCUT2D eigenvalue weighted by molar-refractivity contribution is -0.352. The lowest BCUT2D eigenvalue weighted by Crippen LogP contribution is -2.90. The van der Waals surface area contributed by atoms with Crippen molar-refractivity contribution in [3.8, 4) is 0 Å². The van der Waals surface area contributed by atoms with E-state index in [9.17, 15) is 44.4 Å². The normalized spacial score (nSPS) is 37.0. The number of amides is 2. The molecule has 1 heterocycles. The number of Topliss-reactive ketones (excluding diaryl/α,β-unsaturated/α-hetero) is 3. The largest absolute Gasteiger partial charge is 0.394 e. The Labute approximate surface area is 166 Å². The second-order valence-electron chi connectivity index (χ2n) is 7.54. The van der Waals surface area contributed by atoms with Gasteiger partial charge in [-0.3, -0.25) is 28.9 Å². The number of rotatable bonds is 6. The molecule has 1 saturated heterocycles. The molecule has 2 fully saturated rings. The molecule has 0 aromatic rings. The zero-order chi connectivity index (χ0) is 22.5. The third-order valence-corrected chi connectivity index (χ3v) is 5.64. The molecule has 11 nitrogen and oxygen atoms in total. The van der Waals surface area contributed by atoms with E-state index in [-0.39, 0.29) is 4.90 Å². The van der Waals surface area contributed by atoms with Crippen molar-refractivity contribution in [3.05, 3.63) is 0 Å². The van der Waals surface area contributed by atoms with E-state index in [1.54, 1.807) is 0 Å². The summed E-state index contributed by atoms with van der Waals surface area (Å²) in [7, 11) is 0. The van der Waals surface area contributed by atoms with Gasteiger partial charge in [-0.15, -0.1) is 0 Å². The Morgan fingerprint density at radius 2 is 1.48 bits per heavy atom. The van der Waals surface area contributed by atoms with Crippen molar-refractivity contribution < 1.29 is 49.1 Å². The summed E-state index contributed by atoms with van der Waals surface area (Å²) in [5.74, 6) is -10.3. The molecule has 0 spiro atoms. The van der Waals surface area contributed by atoms with Crippen LogP contribution in [-0.2, 0) is 28.7 Å². The zero-order valence-corrected chi connectivity index (χ0v) is 16.5. The van der Waals surface area contributed by atoms with E-state index in [1.807, 2.05) is 0 Å². The summed E-state index contributed by atoms with van der Waals surface area (Å²) < 4.78 is 5.13. The van der Waals surface area contributed by atoms with Gasteiger partial charge < -0.3 is 25.2 Å². The van der Waals surface area contributed by atoms with Crippen molar-refractivity contribution in [2.24, 2.45) is 5.92 Å². The van der Waals surface area contributed by atoms with Crippen molar-refractivity contribution in [2.45, 2.75) is 69.7 Å². The Balaban J connectivity index is 3.02. The van der Waals surface area contributed by atoms with Gasteiger partial charge in [0, 0.05) is 19.8 Å². The Kier molecular flexibility index (Phi) is 5.87. The highest BCUT2D eigenvalue weighted by molar-refractivity contribution is 6.12. The molecular formula is C18H25NO10. The van der Waals surface area contributed by atoms with Crippen LogP contribution in [0.3, 0.4) is 0 Å². The Hall–Kier alpha value is -2.05. The van der Waals surface area contributed by atoms with Crippen LogP contribution in [0.1, 0.15) is 40.5 Å². The first-order valence-electron chi connectivity index (χ1n) is 9.04. The van der Waals surface area contributed by atoms with Crippen molar-refractivity contribution >= 4 is 29.2 Å². The van der Waals surface area contributed by atoms with Gasteiger partial charge in [0.1, 0.15) is 12.2 Å². The smallest absolute Gasteiger partial charge is 0.262 e. The van der Waals surface area contributed by atoms with Gasteiger partial charge >= 0.3 is 0 Å². The molecule has 2 rings (SSSR count). The van der Waals surface area contributed by atoms with Gasteiger partial charge in [0.05, 0.1) is 6.61 Å². The minimum absolute atomic E-state index is 0.159. The van der Waals surface area contributed by atoms with Crippen LogP contribution in [0, 0.1) is 5.92 Å². The topological polar surface area (TPSA) is 179 Å². The third-order valence-electron chi connectivity index (χ3n) is 5.64. The van der Waals surface area contributed by atoms with Gasteiger partial charge in [-0.05, 0) is 26.7 Å². The molecule has 5 atom stereocenters. The molecule has 0 aromatic heterocycles. The number of ether oxygens (including phenoxy) is 1. The van der Waals surface area contributed by atoms with Crippen LogP contribution >= 0.6 is 0 Å². The molecule has 1 saturated carbocycles. The molecule has 1 aliphatic carbocycles. The maximum Gasteiger partial charge on any atom is 0.262 e. The molecule has 0 aromatic carbocycles. The number of hydrogen-bond acceptors (Lipinski definition) is 10. The Morgan fingerprint density at radius 3 is 1.79 bits per heavy atom. The van der Waals surface area contributed by atoms with Crippen molar-refractivity contribution in [1.82, 2.24) is 4.90 Å². The number of nitrogens with zero attached hydrogens (tertiary/aromatic N) is 1. The van der Waals surface area contributed by atoms with E-state index >= 15 is 0 Å². The van der Waals surface area contributed by atoms with Crippen LogP contribution < -0.4 is 0 Å². The quantitative estimate of drug-likeness (QED) is 0.361. The van der Waals surface area contributed by atoms with Crippen LogP contribution in [-0.4, -0.2) is 90.2 Å². The van der Waals surface area contributed by atoms with Gasteiger partial charge in [0.15, 0.2) is 23.0 Å². The maximum atomic E-state index is 13.0. The summed E-state index contributed by atoms with van der Waals surface area (Å²) in [5, 5.41) is 42.7. The third kappa shape index (κ3) is 2.88. The molecule has 162 valence electrons. The van der Waals surface area contributed by atoms with Crippen LogP contribution in [0.4, 0.5) is 0 Å². The van der Waals surface area contributed by atoms with Gasteiger partial charge in [0.25, 0.3) is 5.79 Å². The highest BCUT2D eigenvalue weighted by Gasteiger charge is 2.81. The van der Waals surface area contributed by atoms with E-state index in [1.165, 1.54) is 0 Å². The molecule has 1 aliphatic heterocycles. The summed E-state index contributed by atoms with van der Waals surface area (Å²) in [6, 6.07) is 0. The highest BCUT2D eigenvalue weighted by atomic mass is 16.7. The number of aliphatic hydroxyl groups excluding tert-OH is 2. The van der Waals surface area contributed by atoms with Gasteiger partial charge in [-0.2, -0.15) is 0 Å². The van der Waals surface area contributed by atoms with Gasteiger partial charge in [0.2, 0.25) is 17.4 Å². The van der Waals surface area contributed by atoms with E-state index in [0.717, 1.165) is 27.7 Å². The second kappa shape index (κ2) is 7.33. The zero-order valence-electron chi connectivity index (χ0n) is 16.5. The number of imide groups is 1. The second-order valence-corrected chi connectivity index (χ2v) is 7.54. The summed E-state index contributed by atoms with van der Waals surface area (Å²) in [6.07, 6.45) is -3.55. The minimum Gasteiger partial charge on any atom is -0.394 e. The fraction of sp³-hybridized carbons (Fsp3) is 0.722. The number of carbonyl (C=O) groups excluding carboxylic acids is 5. The minimum atomic E-state index is -3.41. The van der Waals surface area contributed by atoms with E-state index < -0.39 is 70.8 Å². The predicted octanol–water partition coefficient (Wildman–Crippen LogP) is -2.55. The van der Waals surface area contributed by atoms with Gasteiger partial charge in [-0.1, -0.05) is 0 Å². The van der Waals surface area contributed by atoms with Crippen LogP contribution in [0.2, 0.25) is 0 Å². The monoisotopic (exact) mass is 415 g/mol. The maximum absolute atomic E-state index is 13.0. The molecule has 0 bridgehead atoms. The summed E-state index contributed by atoms with van der Waals surface area (Å²) >= 11 is 0. The molecule has 2 amide bonds. The standard InChI is InChI=1S/C18H25NO10/c1-8(21)16(27)14(25)13(7-20)29-18(28,10(3)23)17(16,9(2)22)19(11(4)24)15(26)12-5-6-12/h12-14,20,25,27-28H,5-7H2,1-4H3/t13-,14-,16+,17+,18?/m1/s1. The summed E-state index contributed by atoms with van der Waals surface area (Å²) in [4.78, 5) is 63.7. The first-order valence-corrected chi connectivity index (χ1v) is 9.04. The predicted molar refractivity (Wildman–Crippen MR) is 92.9 cm³/mol. The Bertz CT molecular complexity index is 777.